The molecule has 1 aliphatic heterocycles. The summed E-state index contributed by atoms with van der Waals surface area (Å²) in [5.74, 6) is -0.630. The van der Waals surface area contributed by atoms with E-state index in [4.69, 9.17) is 21.4 Å². The molecule has 1 aliphatic rings. The van der Waals surface area contributed by atoms with E-state index >= 15 is 0 Å². The number of ether oxygens (including phenoxy) is 1. The summed E-state index contributed by atoms with van der Waals surface area (Å²) < 4.78 is 5.19. The molecule has 6 nitrogen and oxygen atoms in total. The first kappa shape index (κ1) is 22.6. The Morgan fingerprint density at radius 2 is 1.85 bits per heavy atom. The smallest absolute Gasteiger partial charge is 0.335 e. The molecule has 0 bridgehead atoms. The van der Waals surface area contributed by atoms with E-state index in [-0.39, 0.29) is 18.0 Å². The zero-order chi connectivity index (χ0) is 23.4. The largest absolute Gasteiger partial charge is 0.495 e. The van der Waals surface area contributed by atoms with Crippen molar-refractivity contribution in [2.75, 3.05) is 7.11 Å². The number of benzene rings is 3. The Morgan fingerprint density at radius 1 is 1.12 bits per heavy atom. The molecule has 0 radical (unpaired) electrons. The molecule has 1 saturated heterocycles. The molecule has 1 heterocycles. The van der Waals surface area contributed by atoms with Gasteiger partial charge in [0.1, 0.15) is 5.75 Å². The van der Waals surface area contributed by atoms with Gasteiger partial charge in [-0.25, -0.2) is 9.79 Å². The van der Waals surface area contributed by atoms with Gasteiger partial charge in [-0.15, -0.1) is 0 Å². The van der Waals surface area contributed by atoms with Crippen LogP contribution in [0.4, 0.5) is 5.69 Å². The number of methoxy groups -OCH3 is 1. The van der Waals surface area contributed by atoms with Crippen molar-refractivity contribution in [3.8, 4) is 5.75 Å². The third kappa shape index (κ3) is 5.27. The number of carboxylic acid groups (broad SMARTS) is 1. The Bertz CT molecular complexity index is 1260. The van der Waals surface area contributed by atoms with E-state index in [1.807, 2.05) is 36.4 Å². The van der Waals surface area contributed by atoms with Gasteiger partial charge in [0.25, 0.3) is 5.91 Å². The van der Waals surface area contributed by atoms with E-state index in [1.54, 1.807) is 42.4 Å². The number of aromatic carboxylic acids is 1. The van der Waals surface area contributed by atoms with E-state index in [0.717, 1.165) is 16.8 Å². The number of amidine groups is 1. The van der Waals surface area contributed by atoms with Crippen LogP contribution in [0.3, 0.4) is 0 Å². The van der Waals surface area contributed by atoms with E-state index in [0.29, 0.717) is 20.8 Å². The highest BCUT2D eigenvalue weighted by atomic mass is 35.5. The fourth-order valence-corrected chi connectivity index (χ4v) is 4.47. The molecule has 0 saturated carbocycles. The molecule has 0 atom stereocenters. The van der Waals surface area contributed by atoms with Gasteiger partial charge in [0.2, 0.25) is 0 Å². The van der Waals surface area contributed by atoms with Crippen molar-refractivity contribution in [2.45, 2.75) is 6.54 Å². The molecule has 0 aromatic heterocycles. The van der Waals surface area contributed by atoms with Crippen molar-refractivity contribution in [1.29, 1.82) is 0 Å². The molecule has 0 unspecified atom stereocenters. The minimum atomic E-state index is -0.996. The van der Waals surface area contributed by atoms with E-state index in [1.165, 1.54) is 23.9 Å². The monoisotopic (exact) mass is 478 g/mol. The average Bonchev–Trinajstić information content (AvgIpc) is 3.09. The lowest BCUT2D eigenvalue weighted by atomic mass is 10.1. The molecule has 3 aromatic carbocycles. The van der Waals surface area contributed by atoms with Crippen molar-refractivity contribution >= 4 is 52.2 Å². The van der Waals surface area contributed by atoms with Gasteiger partial charge in [0.15, 0.2) is 5.17 Å². The highest BCUT2D eigenvalue weighted by Gasteiger charge is 2.33. The number of nitrogens with zero attached hydrogens (tertiary/aromatic N) is 2. The Kier molecular flexibility index (Phi) is 6.82. The maximum Gasteiger partial charge on any atom is 0.335 e. The number of aliphatic imine (C=N–C) groups is 1. The van der Waals surface area contributed by atoms with Gasteiger partial charge in [-0.2, -0.15) is 0 Å². The lowest BCUT2D eigenvalue weighted by molar-refractivity contribution is -0.122. The summed E-state index contributed by atoms with van der Waals surface area (Å²) in [5, 5.41) is 10.1. The molecule has 8 heteroatoms. The zero-order valence-corrected chi connectivity index (χ0v) is 19.1. The predicted octanol–water partition coefficient (Wildman–Crippen LogP) is 5.85. The molecular weight excluding hydrogens is 460 g/mol. The second-order valence-electron chi connectivity index (χ2n) is 7.13. The summed E-state index contributed by atoms with van der Waals surface area (Å²) >= 11 is 7.52. The summed E-state index contributed by atoms with van der Waals surface area (Å²) in [4.78, 5) is 31.2. The summed E-state index contributed by atoms with van der Waals surface area (Å²) in [7, 11) is 1.54. The fourth-order valence-electron chi connectivity index (χ4n) is 3.20. The maximum absolute atomic E-state index is 13.3. The molecular formula is C25H19ClN2O4S. The fraction of sp³-hybridized carbons (Fsp3) is 0.0800. The molecule has 0 aliphatic carbocycles. The maximum atomic E-state index is 13.3. The van der Waals surface area contributed by atoms with Gasteiger partial charge < -0.3 is 9.84 Å². The van der Waals surface area contributed by atoms with Crippen LogP contribution < -0.4 is 4.74 Å². The summed E-state index contributed by atoms with van der Waals surface area (Å²) in [6, 6.07) is 21.2. The number of carboxylic acids is 1. The third-order valence-corrected chi connectivity index (χ3v) is 6.19. The van der Waals surface area contributed by atoms with Gasteiger partial charge in [-0.1, -0.05) is 48.0 Å². The highest BCUT2D eigenvalue weighted by Crippen LogP contribution is 2.36. The lowest BCUT2D eigenvalue weighted by Gasteiger charge is -2.16. The highest BCUT2D eigenvalue weighted by molar-refractivity contribution is 8.18. The summed E-state index contributed by atoms with van der Waals surface area (Å²) in [6.07, 6.45) is 1.77. The minimum Gasteiger partial charge on any atom is -0.495 e. The van der Waals surface area contributed by atoms with Gasteiger partial charge in [0, 0.05) is 0 Å². The topological polar surface area (TPSA) is 79.2 Å². The van der Waals surface area contributed by atoms with Crippen molar-refractivity contribution in [1.82, 2.24) is 4.90 Å². The van der Waals surface area contributed by atoms with E-state index in [2.05, 4.69) is 4.99 Å². The standard InChI is InChI=1S/C25H19ClN2O4S/c1-32-21-12-9-17(13-20(21)26)14-22-23(29)28(15-16-7-10-18(11-8-16)24(30)31)25(33-22)27-19-5-3-2-4-6-19/h2-14H,15H2,1H3,(H,30,31)/b22-14-,27-25?. The molecule has 1 fully saturated rings. The lowest BCUT2D eigenvalue weighted by Crippen LogP contribution is -2.28. The Hall–Kier alpha value is -3.55. The van der Waals surface area contributed by atoms with Gasteiger partial charge in [-0.3, -0.25) is 9.69 Å². The SMILES string of the molecule is COc1ccc(/C=C2\SC(=Nc3ccccc3)N(Cc3ccc(C(=O)O)cc3)C2=O)cc1Cl. The molecule has 1 amide bonds. The first-order valence-corrected chi connectivity index (χ1v) is 11.1. The summed E-state index contributed by atoms with van der Waals surface area (Å²) in [6.45, 7) is 0.262. The number of para-hydroxylation sites is 1. The first-order valence-electron chi connectivity index (χ1n) is 9.95. The third-order valence-electron chi connectivity index (χ3n) is 4.88. The quantitative estimate of drug-likeness (QED) is 0.449. The summed E-state index contributed by atoms with van der Waals surface area (Å²) in [5.41, 5.74) is 2.48. The van der Waals surface area contributed by atoms with Crippen molar-refractivity contribution in [3.63, 3.8) is 0 Å². The van der Waals surface area contributed by atoms with Crippen LogP contribution >= 0.6 is 23.4 Å². The number of hydrogen-bond acceptors (Lipinski definition) is 5. The molecule has 166 valence electrons. The van der Waals surface area contributed by atoms with Crippen LogP contribution in [-0.2, 0) is 11.3 Å². The van der Waals surface area contributed by atoms with Crippen LogP contribution in [0.5, 0.6) is 5.75 Å². The predicted molar refractivity (Wildman–Crippen MR) is 131 cm³/mol. The van der Waals surface area contributed by atoms with Crippen LogP contribution in [0.15, 0.2) is 82.7 Å². The van der Waals surface area contributed by atoms with Gasteiger partial charge >= 0.3 is 5.97 Å². The number of carbonyl (C=O) groups excluding carboxylic acids is 1. The van der Waals surface area contributed by atoms with E-state index < -0.39 is 5.97 Å². The number of hydrogen-bond donors (Lipinski definition) is 1. The van der Waals surface area contributed by atoms with Crippen molar-refractivity contribution in [3.05, 3.63) is 99.4 Å². The van der Waals surface area contributed by atoms with Crippen LogP contribution in [0.25, 0.3) is 6.08 Å². The van der Waals surface area contributed by atoms with Crippen LogP contribution in [0.1, 0.15) is 21.5 Å². The Morgan fingerprint density at radius 3 is 2.48 bits per heavy atom. The van der Waals surface area contributed by atoms with Gasteiger partial charge in [-0.05, 0) is 65.4 Å². The second-order valence-corrected chi connectivity index (χ2v) is 8.54. The second kappa shape index (κ2) is 9.94. The molecule has 3 aromatic rings. The molecule has 0 spiro atoms. The van der Waals surface area contributed by atoms with Crippen LogP contribution in [-0.4, -0.2) is 34.2 Å². The van der Waals surface area contributed by atoms with Gasteiger partial charge in [0.05, 0.1) is 34.8 Å². The van der Waals surface area contributed by atoms with Crippen molar-refractivity contribution < 1.29 is 19.4 Å². The Balaban J connectivity index is 1.67. The Labute approximate surface area is 200 Å². The number of carbonyl (C=O) groups is 2. The van der Waals surface area contributed by atoms with Crippen molar-refractivity contribution in [2.24, 2.45) is 4.99 Å². The number of halogens is 1. The molecule has 1 N–H and O–H groups in total. The van der Waals surface area contributed by atoms with E-state index in [9.17, 15) is 9.59 Å². The number of amides is 1. The molecule has 4 rings (SSSR count). The normalized spacial score (nSPS) is 15.9. The zero-order valence-electron chi connectivity index (χ0n) is 17.6. The first-order chi connectivity index (χ1) is 15.9. The number of rotatable bonds is 6. The van der Waals surface area contributed by atoms with Crippen LogP contribution in [0.2, 0.25) is 5.02 Å². The average molecular weight is 479 g/mol. The van der Waals surface area contributed by atoms with Crippen LogP contribution in [0, 0.1) is 0 Å². The molecule has 33 heavy (non-hydrogen) atoms. The number of thioether (sulfide) groups is 1. The minimum absolute atomic E-state index is 0.191.